The van der Waals surface area contributed by atoms with Crippen molar-refractivity contribution in [2.75, 3.05) is 18.6 Å². The fraction of sp³-hybridized carbons (Fsp3) is 0.273. The van der Waals surface area contributed by atoms with Crippen molar-refractivity contribution in [3.8, 4) is 5.75 Å². The summed E-state index contributed by atoms with van der Waals surface area (Å²) in [7, 11) is 1.50. The molecule has 1 N–H and O–H groups in total. The van der Waals surface area contributed by atoms with Crippen molar-refractivity contribution in [1.29, 1.82) is 0 Å². The standard InChI is InChI=1S/C22H21N3O5/c1-30-16-11-9-15(10-12-16)25-21(28)20(27)24(22(25)29)13-19(26)23-18-8-4-6-14-5-2-3-7-17(14)18/h2-3,5,7,9-12,18H,4,6,8,13H2,1H3,(H,23,26)/t18-/m0/s1. The molecule has 2 aromatic rings. The molecule has 1 atom stereocenters. The van der Waals surface area contributed by atoms with Gasteiger partial charge in [0, 0.05) is 0 Å². The van der Waals surface area contributed by atoms with Crippen molar-refractivity contribution in [3.05, 3.63) is 59.7 Å². The number of ether oxygens (including phenoxy) is 1. The summed E-state index contributed by atoms with van der Waals surface area (Å²) in [5.74, 6) is -1.94. The number of hydrogen-bond donors (Lipinski definition) is 1. The van der Waals surface area contributed by atoms with Crippen molar-refractivity contribution in [1.82, 2.24) is 10.2 Å². The molecule has 0 unspecified atom stereocenters. The largest absolute Gasteiger partial charge is 0.497 e. The van der Waals surface area contributed by atoms with Gasteiger partial charge in [-0.15, -0.1) is 0 Å². The third-order valence-corrected chi connectivity index (χ3v) is 5.39. The molecule has 0 saturated carbocycles. The van der Waals surface area contributed by atoms with E-state index in [0.717, 1.165) is 29.7 Å². The number of carbonyl (C=O) groups excluding carboxylic acids is 4. The van der Waals surface area contributed by atoms with Crippen molar-refractivity contribution in [2.45, 2.75) is 25.3 Å². The Morgan fingerprint density at radius 2 is 1.80 bits per heavy atom. The van der Waals surface area contributed by atoms with E-state index in [-0.39, 0.29) is 11.7 Å². The Morgan fingerprint density at radius 1 is 1.07 bits per heavy atom. The topological polar surface area (TPSA) is 96.0 Å². The summed E-state index contributed by atoms with van der Waals surface area (Å²) in [6.07, 6.45) is 2.67. The van der Waals surface area contributed by atoms with Gasteiger partial charge >= 0.3 is 17.8 Å². The summed E-state index contributed by atoms with van der Waals surface area (Å²) >= 11 is 0. The Bertz CT molecular complexity index is 1020. The van der Waals surface area contributed by atoms with E-state index in [0.29, 0.717) is 10.6 Å². The first-order valence-corrected chi connectivity index (χ1v) is 9.70. The van der Waals surface area contributed by atoms with Gasteiger partial charge < -0.3 is 10.1 Å². The molecule has 1 heterocycles. The normalized spacial score (nSPS) is 18.4. The molecular weight excluding hydrogens is 386 g/mol. The van der Waals surface area contributed by atoms with E-state index in [4.69, 9.17) is 4.74 Å². The predicted molar refractivity (Wildman–Crippen MR) is 108 cm³/mol. The van der Waals surface area contributed by atoms with Gasteiger partial charge in [-0.3, -0.25) is 14.4 Å². The van der Waals surface area contributed by atoms with E-state index in [1.165, 1.54) is 24.8 Å². The lowest BCUT2D eigenvalue weighted by atomic mass is 9.88. The summed E-state index contributed by atoms with van der Waals surface area (Å²) < 4.78 is 5.06. The zero-order chi connectivity index (χ0) is 21.3. The van der Waals surface area contributed by atoms with E-state index >= 15 is 0 Å². The maximum atomic E-state index is 12.7. The minimum Gasteiger partial charge on any atom is -0.497 e. The number of carbonyl (C=O) groups is 4. The van der Waals surface area contributed by atoms with Gasteiger partial charge in [-0.05, 0) is 54.7 Å². The predicted octanol–water partition coefficient (Wildman–Crippen LogP) is 2.18. The number of imide groups is 2. The molecule has 1 aliphatic heterocycles. The van der Waals surface area contributed by atoms with Gasteiger partial charge in [0.05, 0.1) is 18.8 Å². The first-order valence-electron chi connectivity index (χ1n) is 9.70. The van der Waals surface area contributed by atoms with E-state index in [9.17, 15) is 19.2 Å². The quantitative estimate of drug-likeness (QED) is 0.605. The number of rotatable bonds is 5. The smallest absolute Gasteiger partial charge is 0.339 e. The number of anilines is 1. The second kappa shape index (κ2) is 7.98. The van der Waals surface area contributed by atoms with Crippen LogP contribution >= 0.6 is 0 Å². The van der Waals surface area contributed by atoms with Crippen LogP contribution in [0, 0.1) is 0 Å². The van der Waals surface area contributed by atoms with Crippen molar-refractivity contribution < 1.29 is 23.9 Å². The molecule has 2 aromatic carbocycles. The Hall–Kier alpha value is -3.68. The molecule has 8 nitrogen and oxygen atoms in total. The van der Waals surface area contributed by atoms with Crippen LogP contribution in [0.3, 0.4) is 0 Å². The van der Waals surface area contributed by atoms with Crippen LogP contribution in [0.1, 0.15) is 30.0 Å². The Morgan fingerprint density at radius 3 is 2.53 bits per heavy atom. The molecule has 2 aliphatic rings. The van der Waals surface area contributed by atoms with Crippen LogP contribution in [0.25, 0.3) is 0 Å². The molecule has 154 valence electrons. The van der Waals surface area contributed by atoms with Gasteiger partial charge in [0.15, 0.2) is 0 Å². The van der Waals surface area contributed by atoms with Gasteiger partial charge in [-0.25, -0.2) is 14.6 Å². The molecular formula is C22H21N3O5. The lowest BCUT2D eigenvalue weighted by Gasteiger charge is -2.27. The number of methoxy groups -OCH3 is 1. The van der Waals surface area contributed by atoms with Gasteiger partial charge in [-0.2, -0.15) is 0 Å². The maximum absolute atomic E-state index is 12.7. The van der Waals surface area contributed by atoms with Gasteiger partial charge in [0.25, 0.3) is 0 Å². The molecule has 1 aliphatic carbocycles. The summed E-state index contributed by atoms with van der Waals surface area (Å²) in [6.45, 7) is -0.505. The second-order valence-electron chi connectivity index (χ2n) is 7.22. The molecule has 5 amide bonds. The van der Waals surface area contributed by atoms with Crippen LogP contribution in [-0.2, 0) is 20.8 Å². The van der Waals surface area contributed by atoms with Crippen LogP contribution in [0.2, 0.25) is 0 Å². The highest BCUT2D eigenvalue weighted by atomic mass is 16.5. The summed E-state index contributed by atoms with van der Waals surface area (Å²) in [4.78, 5) is 51.5. The molecule has 0 spiro atoms. The molecule has 0 aromatic heterocycles. The SMILES string of the molecule is COc1ccc(N2C(=O)C(=O)N(CC(=O)N[C@H]3CCCc4ccccc43)C2=O)cc1. The summed E-state index contributed by atoms with van der Waals surface area (Å²) in [5.41, 5.74) is 2.47. The summed E-state index contributed by atoms with van der Waals surface area (Å²) in [6, 6.07) is 13.0. The van der Waals surface area contributed by atoms with Crippen molar-refractivity contribution in [3.63, 3.8) is 0 Å². The number of hydrogen-bond acceptors (Lipinski definition) is 5. The van der Waals surface area contributed by atoms with Crippen molar-refractivity contribution in [2.24, 2.45) is 0 Å². The maximum Gasteiger partial charge on any atom is 0.339 e. The van der Waals surface area contributed by atoms with Crippen LogP contribution in [-0.4, -0.2) is 42.3 Å². The van der Waals surface area contributed by atoms with Gasteiger partial charge in [0.2, 0.25) is 5.91 Å². The molecule has 8 heteroatoms. The van der Waals surface area contributed by atoms with Crippen LogP contribution in [0.4, 0.5) is 10.5 Å². The van der Waals surface area contributed by atoms with Crippen LogP contribution in [0.5, 0.6) is 5.75 Å². The summed E-state index contributed by atoms with van der Waals surface area (Å²) in [5, 5.41) is 2.90. The Balaban J connectivity index is 1.47. The highest BCUT2D eigenvalue weighted by Gasteiger charge is 2.46. The Kier molecular flexibility index (Phi) is 5.22. The third kappa shape index (κ3) is 3.52. The second-order valence-corrected chi connectivity index (χ2v) is 7.22. The molecule has 30 heavy (non-hydrogen) atoms. The van der Waals surface area contributed by atoms with E-state index in [1.807, 2.05) is 24.3 Å². The van der Waals surface area contributed by atoms with Crippen molar-refractivity contribution >= 4 is 29.4 Å². The van der Waals surface area contributed by atoms with Crippen LogP contribution in [0.15, 0.2) is 48.5 Å². The number of fused-ring (bicyclic) bond motifs is 1. The highest BCUT2D eigenvalue weighted by molar-refractivity contribution is 6.53. The first kappa shape index (κ1) is 19.6. The number of urea groups is 1. The first-order chi connectivity index (χ1) is 14.5. The van der Waals surface area contributed by atoms with E-state index in [1.54, 1.807) is 12.1 Å². The van der Waals surface area contributed by atoms with Gasteiger partial charge in [-0.1, -0.05) is 24.3 Å². The number of nitrogens with one attached hydrogen (secondary N) is 1. The average Bonchev–Trinajstić information content (AvgIpc) is 2.97. The van der Waals surface area contributed by atoms with Crippen LogP contribution < -0.4 is 15.0 Å². The van der Waals surface area contributed by atoms with E-state index in [2.05, 4.69) is 5.32 Å². The number of aryl methyl sites for hydroxylation is 1. The highest BCUT2D eigenvalue weighted by Crippen LogP contribution is 2.29. The van der Waals surface area contributed by atoms with Gasteiger partial charge in [0.1, 0.15) is 12.3 Å². The lowest BCUT2D eigenvalue weighted by Crippen LogP contribution is -2.43. The minimum atomic E-state index is -1.02. The fourth-order valence-electron chi connectivity index (χ4n) is 3.89. The van der Waals surface area contributed by atoms with E-state index < -0.39 is 30.3 Å². The molecule has 1 saturated heterocycles. The molecule has 0 bridgehead atoms. The number of amides is 5. The Labute approximate surface area is 173 Å². The number of benzene rings is 2. The average molecular weight is 407 g/mol. The molecule has 1 fully saturated rings. The number of nitrogens with zero attached hydrogens (tertiary/aromatic N) is 2. The zero-order valence-electron chi connectivity index (χ0n) is 16.5. The monoisotopic (exact) mass is 407 g/mol. The zero-order valence-corrected chi connectivity index (χ0v) is 16.5. The fourth-order valence-corrected chi connectivity index (χ4v) is 3.89. The molecule has 4 rings (SSSR count). The molecule has 0 radical (unpaired) electrons. The third-order valence-electron chi connectivity index (χ3n) is 5.39. The lowest BCUT2D eigenvalue weighted by molar-refractivity contribution is -0.140. The minimum absolute atomic E-state index is 0.177.